The Hall–Kier alpha value is 0.270. The second kappa shape index (κ2) is 1.12. The second-order valence-corrected chi connectivity index (χ2v) is 2.63. The van der Waals surface area contributed by atoms with Crippen LogP contribution in [0.3, 0.4) is 0 Å². The second-order valence-electron chi connectivity index (χ2n) is 1.42. The zero-order valence-electron chi connectivity index (χ0n) is 3.86. The molecule has 0 aliphatic carbocycles. The van der Waals surface area contributed by atoms with Crippen molar-refractivity contribution in [2.24, 2.45) is 0 Å². The van der Waals surface area contributed by atoms with Crippen LogP contribution in [0.5, 0.6) is 0 Å². The maximum Gasteiger partial charge on any atom is 0.358 e. The maximum absolute atomic E-state index is 4.91. The number of rotatable bonds is 1. The topological polar surface area (TPSA) is 24.6 Å². The van der Waals surface area contributed by atoms with Gasteiger partial charge in [-0.15, -0.1) is 0 Å². The van der Waals surface area contributed by atoms with Crippen molar-refractivity contribution in [3.8, 4) is 0 Å². The average molecular weight is 106 g/mol. The Morgan fingerprint density at radius 3 is 2.33 bits per heavy atom. The van der Waals surface area contributed by atoms with Crippen molar-refractivity contribution in [1.82, 2.24) is 5.32 Å². The van der Waals surface area contributed by atoms with Crippen LogP contribution in [-0.2, 0) is 16.2 Å². The standard InChI is InChI=1S/C3H7NOS/c1-3(4-2)5-6-3/h4H,1-2H3/p+1. The minimum atomic E-state index is 0.0139. The van der Waals surface area contributed by atoms with Gasteiger partial charge < -0.3 is 0 Å². The zero-order valence-corrected chi connectivity index (χ0v) is 4.75. The van der Waals surface area contributed by atoms with Crippen LogP contribution in [0.1, 0.15) is 6.92 Å². The number of thiol groups is 1. The van der Waals surface area contributed by atoms with Gasteiger partial charge in [-0.05, 0) is 7.05 Å². The summed E-state index contributed by atoms with van der Waals surface area (Å²) in [6, 6.07) is 0. The van der Waals surface area contributed by atoms with Crippen molar-refractivity contribution in [2.75, 3.05) is 7.05 Å². The van der Waals surface area contributed by atoms with Gasteiger partial charge in [-0.25, -0.2) is 5.32 Å². The summed E-state index contributed by atoms with van der Waals surface area (Å²) >= 11 is 1.06. The first kappa shape index (κ1) is 4.43. The third kappa shape index (κ3) is 0.668. The Morgan fingerprint density at radius 1 is 1.83 bits per heavy atom. The Bertz CT molecular complexity index is 61.8. The molecule has 1 fully saturated rings. The molecule has 36 valence electrons. The molecule has 1 heterocycles. The van der Waals surface area contributed by atoms with E-state index in [0.717, 1.165) is 12.0 Å². The maximum atomic E-state index is 4.91. The lowest BCUT2D eigenvalue weighted by Crippen LogP contribution is -2.23. The van der Waals surface area contributed by atoms with E-state index in [1.807, 2.05) is 14.0 Å². The first-order valence-electron chi connectivity index (χ1n) is 1.86. The van der Waals surface area contributed by atoms with Gasteiger partial charge in [-0.3, -0.25) is 0 Å². The van der Waals surface area contributed by atoms with Gasteiger partial charge in [0.2, 0.25) is 0 Å². The van der Waals surface area contributed by atoms with Crippen LogP contribution in [0.15, 0.2) is 0 Å². The zero-order chi connectivity index (χ0) is 4.62. The number of hydrogen-bond acceptors (Lipinski definition) is 2. The van der Waals surface area contributed by atoms with Crippen molar-refractivity contribution in [2.45, 2.75) is 12.0 Å². The smallest absolute Gasteiger partial charge is 0.243 e. The van der Waals surface area contributed by atoms with E-state index < -0.39 is 0 Å². The third-order valence-electron chi connectivity index (χ3n) is 0.829. The fourth-order valence-electron chi connectivity index (χ4n) is 0.160. The monoisotopic (exact) mass is 106 g/mol. The predicted octanol–water partition coefficient (Wildman–Crippen LogP) is -0.360. The molecule has 1 atom stereocenters. The van der Waals surface area contributed by atoms with Crippen molar-refractivity contribution in [3.63, 3.8) is 0 Å². The van der Waals surface area contributed by atoms with E-state index >= 15 is 0 Å². The van der Waals surface area contributed by atoms with Gasteiger partial charge in [0, 0.05) is 6.92 Å². The molecule has 0 spiro atoms. The Balaban J connectivity index is 2.28. The summed E-state index contributed by atoms with van der Waals surface area (Å²) in [4.78, 5) is 0. The molecule has 2 nitrogen and oxygen atoms in total. The van der Waals surface area contributed by atoms with E-state index in [4.69, 9.17) is 4.18 Å². The van der Waals surface area contributed by atoms with Crippen molar-refractivity contribution >= 4 is 12.0 Å². The minimum absolute atomic E-state index is 0.0139. The van der Waals surface area contributed by atoms with Gasteiger partial charge in [0.15, 0.2) is 12.0 Å². The largest absolute Gasteiger partial charge is 0.358 e. The van der Waals surface area contributed by atoms with Crippen molar-refractivity contribution in [1.29, 1.82) is 0 Å². The Morgan fingerprint density at radius 2 is 2.33 bits per heavy atom. The lowest BCUT2D eigenvalue weighted by atomic mass is 10.7. The lowest BCUT2D eigenvalue weighted by Gasteiger charge is -1.83. The van der Waals surface area contributed by atoms with Crippen LogP contribution < -0.4 is 5.32 Å². The quantitative estimate of drug-likeness (QED) is 0.280. The third-order valence-corrected chi connectivity index (χ3v) is 1.78. The van der Waals surface area contributed by atoms with Crippen molar-refractivity contribution in [3.05, 3.63) is 0 Å². The highest BCUT2D eigenvalue weighted by atomic mass is 32.2. The first-order chi connectivity index (χ1) is 2.77. The molecule has 3 heteroatoms. The molecule has 0 bridgehead atoms. The predicted molar refractivity (Wildman–Crippen MR) is 27.3 cm³/mol. The molecule has 0 aromatic rings. The van der Waals surface area contributed by atoms with E-state index in [-0.39, 0.29) is 5.06 Å². The van der Waals surface area contributed by atoms with Gasteiger partial charge in [-0.2, -0.15) is 0 Å². The molecule has 0 aromatic heterocycles. The summed E-state index contributed by atoms with van der Waals surface area (Å²) in [6.07, 6.45) is 0. The summed E-state index contributed by atoms with van der Waals surface area (Å²) in [5.41, 5.74) is 0. The van der Waals surface area contributed by atoms with Crippen LogP contribution in [0.25, 0.3) is 0 Å². The molecule has 1 aliphatic heterocycles. The van der Waals surface area contributed by atoms with E-state index in [1.54, 1.807) is 0 Å². The summed E-state index contributed by atoms with van der Waals surface area (Å²) in [7, 11) is 1.89. The first-order valence-corrected chi connectivity index (χ1v) is 2.67. The minimum Gasteiger partial charge on any atom is -0.243 e. The van der Waals surface area contributed by atoms with E-state index in [0.29, 0.717) is 0 Å². The molecule has 6 heavy (non-hydrogen) atoms. The summed E-state index contributed by atoms with van der Waals surface area (Å²) in [5, 5.41) is 2.99. The van der Waals surface area contributed by atoms with Crippen molar-refractivity contribution < 1.29 is 4.18 Å². The molecule has 0 saturated carbocycles. The molecule has 1 unspecified atom stereocenters. The number of nitrogens with one attached hydrogen (secondary N) is 1. The lowest BCUT2D eigenvalue weighted by molar-refractivity contribution is 0.303. The van der Waals surface area contributed by atoms with Gasteiger partial charge in [-0.1, -0.05) is 4.18 Å². The summed E-state index contributed by atoms with van der Waals surface area (Å²) in [6.45, 7) is 2.01. The molecule has 1 saturated heterocycles. The van der Waals surface area contributed by atoms with E-state index in [1.165, 1.54) is 0 Å². The van der Waals surface area contributed by atoms with Gasteiger partial charge in [0.05, 0.1) is 0 Å². The highest BCUT2D eigenvalue weighted by Crippen LogP contribution is 2.24. The van der Waals surface area contributed by atoms with Gasteiger partial charge >= 0.3 is 5.06 Å². The molecule has 0 amide bonds. The van der Waals surface area contributed by atoms with Gasteiger partial charge in [0.1, 0.15) is 0 Å². The highest BCUT2D eigenvalue weighted by Gasteiger charge is 2.54. The molecular weight excluding hydrogens is 98.1 g/mol. The van der Waals surface area contributed by atoms with Gasteiger partial charge in [0.25, 0.3) is 0 Å². The molecular formula is C3H8NOS+. The molecule has 1 N–H and O–H groups in total. The fourth-order valence-corrected chi connectivity index (χ4v) is 0.479. The fraction of sp³-hybridized carbons (Fsp3) is 1.00. The molecule has 1 aliphatic rings. The summed E-state index contributed by atoms with van der Waals surface area (Å²) < 4.78 is 4.91. The molecule has 0 radical (unpaired) electrons. The molecule has 1 rings (SSSR count). The normalized spacial score (nSPS) is 43.0. The number of hydrogen-bond donors (Lipinski definition) is 1. The van der Waals surface area contributed by atoms with Crippen LogP contribution in [0, 0.1) is 0 Å². The Kier molecular flexibility index (Phi) is 0.825. The highest BCUT2D eigenvalue weighted by molar-refractivity contribution is 7.80. The van der Waals surface area contributed by atoms with Crippen LogP contribution in [-0.4, -0.2) is 12.1 Å². The SMILES string of the molecule is CNC1(C)O[SH+]1. The summed E-state index contributed by atoms with van der Waals surface area (Å²) in [5.74, 6) is 0. The van der Waals surface area contributed by atoms with E-state index in [9.17, 15) is 0 Å². The Labute approximate surface area is 41.5 Å². The van der Waals surface area contributed by atoms with E-state index in [2.05, 4.69) is 5.32 Å². The van der Waals surface area contributed by atoms with Crippen LogP contribution >= 0.6 is 0 Å². The molecule has 0 aromatic carbocycles. The van der Waals surface area contributed by atoms with Crippen LogP contribution in [0.2, 0.25) is 0 Å². The average Bonchev–Trinajstić information content (AvgIpc) is 2.22. The van der Waals surface area contributed by atoms with Crippen LogP contribution in [0.4, 0.5) is 0 Å².